The second-order valence-corrected chi connectivity index (χ2v) is 4.97. The van der Waals surface area contributed by atoms with Crippen LogP contribution in [0.3, 0.4) is 0 Å². The summed E-state index contributed by atoms with van der Waals surface area (Å²) in [6.45, 7) is 7.51. The SMILES string of the molecule is [B]N(C)C(=O)C(C)(C)CC([B])(C)C. The number of carbonyl (C=O) groups is 1. The molecule has 0 rings (SSSR count). The van der Waals surface area contributed by atoms with Gasteiger partial charge in [0.05, 0.1) is 7.85 Å². The molecule has 0 aromatic heterocycles. The smallest absolute Gasteiger partial charge is 0.230 e. The van der Waals surface area contributed by atoms with Gasteiger partial charge in [0.25, 0.3) is 0 Å². The number of carbonyl (C=O) groups excluding carboxylic acids is 1. The Hall–Kier alpha value is -0.400. The van der Waals surface area contributed by atoms with Crippen LogP contribution in [0.25, 0.3) is 0 Å². The van der Waals surface area contributed by atoms with E-state index in [9.17, 15) is 4.79 Å². The molecule has 2 nitrogen and oxygen atoms in total. The van der Waals surface area contributed by atoms with E-state index < -0.39 is 5.41 Å². The van der Waals surface area contributed by atoms with Crippen LogP contribution in [-0.4, -0.2) is 33.6 Å². The molecule has 0 saturated carbocycles. The first-order valence-corrected chi connectivity index (χ1v) is 4.38. The summed E-state index contributed by atoms with van der Waals surface area (Å²) < 4.78 is 0. The molecule has 13 heavy (non-hydrogen) atoms. The van der Waals surface area contributed by atoms with Crippen molar-refractivity contribution in [3.8, 4) is 0 Å². The molecule has 0 aromatic carbocycles. The first-order valence-electron chi connectivity index (χ1n) is 4.38. The molecule has 0 N–H and O–H groups in total. The molecule has 0 aliphatic rings. The predicted molar refractivity (Wildman–Crippen MR) is 56.7 cm³/mol. The summed E-state index contributed by atoms with van der Waals surface area (Å²) in [5, 5.41) is -0.352. The summed E-state index contributed by atoms with van der Waals surface area (Å²) in [7, 11) is 12.8. The van der Waals surface area contributed by atoms with Crippen molar-refractivity contribution < 1.29 is 4.79 Å². The lowest BCUT2D eigenvalue weighted by molar-refractivity contribution is -0.135. The highest BCUT2D eigenvalue weighted by Crippen LogP contribution is 2.36. The van der Waals surface area contributed by atoms with Crippen LogP contribution in [0, 0.1) is 5.41 Å². The van der Waals surface area contributed by atoms with Crippen molar-refractivity contribution >= 4 is 21.7 Å². The molecule has 0 unspecified atom stereocenters. The quantitative estimate of drug-likeness (QED) is 0.595. The first-order chi connectivity index (χ1) is 5.56. The van der Waals surface area contributed by atoms with Crippen LogP contribution in [0.2, 0.25) is 5.31 Å². The first kappa shape index (κ1) is 12.6. The lowest BCUT2D eigenvalue weighted by atomic mass is 9.63. The van der Waals surface area contributed by atoms with Gasteiger partial charge in [0, 0.05) is 5.41 Å². The van der Waals surface area contributed by atoms with Crippen molar-refractivity contribution in [3.63, 3.8) is 0 Å². The molecule has 4 radical (unpaired) electrons. The van der Waals surface area contributed by atoms with Crippen LogP contribution in [0.1, 0.15) is 34.1 Å². The average molecular weight is 177 g/mol. The summed E-state index contributed by atoms with van der Waals surface area (Å²) in [6, 6.07) is 0. The number of amides is 1. The Morgan fingerprint density at radius 1 is 1.31 bits per heavy atom. The Balaban J connectivity index is 4.49. The van der Waals surface area contributed by atoms with Crippen LogP contribution < -0.4 is 0 Å². The van der Waals surface area contributed by atoms with Gasteiger partial charge in [-0.2, -0.15) is 0 Å². The van der Waals surface area contributed by atoms with E-state index in [1.54, 1.807) is 7.05 Å². The van der Waals surface area contributed by atoms with E-state index in [2.05, 4.69) is 0 Å². The average Bonchev–Trinajstić information content (AvgIpc) is 1.80. The number of hydrogen-bond acceptors (Lipinski definition) is 1. The van der Waals surface area contributed by atoms with Crippen molar-refractivity contribution in [2.45, 2.75) is 39.4 Å². The fraction of sp³-hybridized carbons (Fsp3) is 0.889. The summed E-state index contributed by atoms with van der Waals surface area (Å²) in [4.78, 5) is 12.7. The molecule has 0 saturated heterocycles. The minimum atomic E-state index is -0.498. The Kier molecular flexibility index (Phi) is 3.65. The largest absolute Gasteiger partial charge is 0.399 e. The van der Waals surface area contributed by atoms with E-state index in [4.69, 9.17) is 15.8 Å². The van der Waals surface area contributed by atoms with Gasteiger partial charge in [0.15, 0.2) is 0 Å². The Bertz CT molecular complexity index is 194. The second kappa shape index (κ2) is 3.77. The zero-order valence-corrected chi connectivity index (χ0v) is 9.22. The third kappa shape index (κ3) is 4.39. The Morgan fingerprint density at radius 3 is 1.92 bits per heavy atom. The molecule has 0 bridgehead atoms. The van der Waals surface area contributed by atoms with Crippen molar-refractivity contribution in [3.05, 3.63) is 0 Å². The molecule has 0 heterocycles. The lowest BCUT2D eigenvalue weighted by Gasteiger charge is -2.33. The van der Waals surface area contributed by atoms with Gasteiger partial charge in [-0.25, -0.2) is 0 Å². The third-order valence-electron chi connectivity index (χ3n) is 1.80. The van der Waals surface area contributed by atoms with Crippen LogP contribution >= 0.6 is 0 Å². The Morgan fingerprint density at radius 2 is 1.69 bits per heavy atom. The maximum absolute atomic E-state index is 11.6. The summed E-state index contributed by atoms with van der Waals surface area (Å²) in [5.41, 5.74) is -0.498. The zero-order chi connectivity index (χ0) is 10.9. The van der Waals surface area contributed by atoms with Gasteiger partial charge < -0.3 is 4.81 Å². The lowest BCUT2D eigenvalue weighted by Crippen LogP contribution is -2.38. The monoisotopic (exact) mass is 177 g/mol. The van der Waals surface area contributed by atoms with Crippen LogP contribution in [0.5, 0.6) is 0 Å². The molecular weight excluding hydrogens is 160 g/mol. The minimum absolute atomic E-state index is 0.0916. The Labute approximate surface area is 83.9 Å². The van der Waals surface area contributed by atoms with E-state index >= 15 is 0 Å². The molecule has 70 valence electrons. The molecule has 0 aromatic rings. The highest BCUT2D eigenvalue weighted by atomic mass is 16.2. The minimum Gasteiger partial charge on any atom is -0.399 e. The third-order valence-corrected chi connectivity index (χ3v) is 1.80. The van der Waals surface area contributed by atoms with Gasteiger partial charge in [-0.15, -0.1) is 0 Å². The summed E-state index contributed by atoms with van der Waals surface area (Å²) >= 11 is 0. The van der Waals surface area contributed by atoms with E-state index in [0.29, 0.717) is 6.42 Å². The van der Waals surface area contributed by atoms with Gasteiger partial charge in [-0.05, 0) is 13.5 Å². The fourth-order valence-corrected chi connectivity index (χ4v) is 1.69. The van der Waals surface area contributed by atoms with Crippen molar-refractivity contribution in [2.24, 2.45) is 5.41 Å². The molecule has 0 aliphatic heterocycles. The standard InChI is InChI=1S/C9H17B2NO/c1-8(2,6-9(3,4)10)7(13)12(5)11/h6H2,1-5H3. The van der Waals surface area contributed by atoms with Crippen molar-refractivity contribution in [2.75, 3.05) is 7.05 Å². The molecule has 4 heteroatoms. The normalized spacial score (nSPS) is 12.7. The van der Waals surface area contributed by atoms with E-state index in [1.807, 2.05) is 27.7 Å². The maximum Gasteiger partial charge on any atom is 0.230 e. The topological polar surface area (TPSA) is 20.3 Å². The zero-order valence-electron chi connectivity index (χ0n) is 9.22. The van der Waals surface area contributed by atoms with Gasteiger partial charge in [-0.1, -0.05) is 33.0 Å². The molecule has 0 fully saturated rings. The molecule has 0 atom stereocenters. The van der Waals surface area contributed by atoms with Crippen molar-refractivity contribution in [1.29, 1.82) is 0 Å². The predicted octanol–water partition coefficient (Wildman–Crippen LogP) is 1.31. The van der Waals surface area contributed by atoms with E-state index in [0.717, 1.165) is 4.81 Å². The van der Waals surface area contributed by atoms with Gasteiger partial charge in [0.1, 0.15) is 0 Å². The van der Waals surface area contributed by atoms with Gasteiger partial charge in [0.2, 0.25) is 13.9 Å². The number of nitrogens with zero attached hydrogens (tertiary/aromatic N) is 1. The highest BCUT2D eigenvalue weighted by molar-refractivity contribution is 6.16. The molecular formula is C9H17B2NO. The second-order valence-electron chi connectivity index (χ2n) is 4.97. The molecule has 0 spiro atoms. The van der Waals surface area contributed by atoms with Gasteiger partial charge >= 0.3 is 0 Å². The molecule has 0 aliphatic carbocycles. The van der Waals surface area contributed by atoms with E-state index in [-0.39, 0.29) is 11.2 Å². The van der Waals surface area contributed by atoms with Crippen LogP contribution in [0.15, 0.2) is 0 Å². The van der Waals surface area contributed by atoms with Crippen LogP contribution in [0.4, 0.5) is 0 Å². The summed E-state index contributed by atoms with van der Waals surface area (Å²) in [5.74, 6) is -0.0916. The molecule has 1 amide bonds. The van der Waals surface area contributed by atoms with E-state index in [1.165, 1.54) is 0 Å². The highest BCUT2D eigenvalue weighted by Gasteiger charge is 2.32. The van der Waals surface area contributed by atoms with Crippen molar-refractivity contribution in [1.82, 2.24) is 4.81 Å². The maximum atomic E-state index is 11.6. The van der Waals surface area contributed by atoms with Gasteiger partial charge in [-0.3, -0.25) is 4.79 Å². The number of hydrogen-bond donors (Lipinski definition) is 0. The number of rotatable bonds is 3. The fourth-order valence-electron chi connectivity index (χ4n) is 1.69. The van der Waals surface area contributed by atoms with Crippen LogP contribution in [-0.2, 0) is 4.79 Å². The summed E-state index contributed by atoms with van der Waals surface area (Å²) in [6.07, 6.45) is 0.611.